The van der Waals surface area contributed by atoms with Crippen LogP contribution in [0.15, 0.2) is 10.6 Å². The third-order valence-corrected chi connectivity index (χ3v) is 3.38. The van der Waals surface area contributed by atoms with Gasteiger partial charge in [0, 0.05) is 12.6 Å². The Balaban J connectivity index is 1.96. The number of hydrogen-bond donors (Lipinski definition) is 1. The van der Waals surface area contributed by atoms with Gasteiger partial charge in [0.2, 0.25) is 0 Å². The van der Waals surface area contributed by atoms with Crippen molar-refractivity contribution in [2.75, 3.05) is 26.4 Å². The fourth-order valence-corrected chi connectivity index (χ4v) is 2.31. The standard InChI is InChI=1S/C13H18N2O6/c1-3-15(10-6-19-5-9(10)13(17)18)12(16)7-20-11-4-8(2)21-14-11/h4,9-10H,3,5-7H2,1-2H3,(H,17,18). The quantitative estimate of drug-likeness (QED) is 0.806. The van der Waals surface area contributed by atoms with Gasteiger partial charge in [-0.2, -0.15) is 0 Å². The van der Waals surface area contributed by atoms with Crippen molar-refractivity contribution in [1.82, 2.24) is 10.1 Å². The second kappa shape index (κ2) is 6.57. The van der Waals surface area contributed by atoms with Crippen LogP contribution < -0.4 is 4.74 Å². The van der Waals surface area contributed by atoms with Gasteiger partial charge in [-0.1, -0.05) is 0 Å². The third kappa shape index (κ3) is 3.52. The molecule has 0 spiro atoms. The van der Waals surface area contributed by atoms with Crippen LogP contribution in [-0.2, 0) is 14.3 Å². The first-order chi connectivity index (χ1) is 10.0. The lowest BCUT2D eigenvalue weighted by molar-refractivity contribution is -0.145. The number of carboxylic acid groups (broad SMARTS) is 1. The topological polar surface area (TPSA) is 102 Å². The Kier molecular flexibility index (Phi) is 4.79. The molecule has 0 aromatic carbocycles. The van der Waals surface area contributed by atoms with Gasteiger partial charge < -0.3 is 24.0 Å². The van der Waals surface area contributed by atoms with E-state index >= 15 is 0 Å². The zero-order valence-corrected chi connectivity index (χ0v) is 11.9. The normalized spacial score (nSPS) is 21.2. The van der Waals surface area contributed by atoms with Crippen LogP contribution in [0.2, 0.25) is 0 Å². The van der Waals surface area contributed by atoms with E-state index in [2.05, 4.69) is 5.16 Å². The van der Waals surface area contributed by atoms with Gasteiger partial charge in [-0.05, 0) is 19.0 Å². The molecule has 2 rings (SSSR count). The number of ether oxygens (including phenoxy) is 2. The van der Waals surface area contributed by atoms with Crippen molar-refractivity contribution in [2.24, 2.45) is 5.92 Å². The van der Waals surface area contributed by atoms with Crippen molar-refractivity contribution >= 4 is 11.9 Å². The maximum Gasteiger partial charge on any atom is 0.311 e. The molecule has 8 nitrogen and oxygen atoms in total. The molecule has 0 radical (unpaired) electrons. The van der Waals surface area contributed by atoms with Gasteiger partial charge in [-0.25, -0.2) is 0 Å². The summed E-state index contributed by atoms with van der Waals surface area (Å²) in [5, 5.41) is 12.8. The molecule has 1 amide bonds. The number of carboxylic acids is 1. The number of rotatable bonds is 6. The first-order valence-corrected chi connectivity index (χ1v) is 6.69. The van der Waals surface area contributed by atoms with Crippen molar-refractivity contribution in [2.45, 2.75) is 19.9 Å². The molecule has 1 aliphatic heterocycles. The van der Waals surface area contributed by atoms with Crippen molar-refractivity contribution in [3.63, 3.8) is 0 Å². The van der Waals surface area contributed by atoms with Crippen LogP contribution in [0.4, 0.5) is 0 Å². The largest absolute Gasteiger partial charge is 0.481 e. The van der Waals surface area contributed by atoms with E-state index in [1.165, 1.54) is 4.90 Å². The van der Waals surface area contributed by atoms with Gasteiger partial charge >= 0.3 is 5.97 Å². The molecule has 0 aliphatic carbocycles. The van der Waals surface area contributed by atoms with Crippen LogP contribution in [0, 0.1) is 12.8 Å². The molecule has 21 heavy (non-hydrogen) atoms. The molecule has 1 aromatic heterocycles. The molecule has 116 valence electrons. The van der Waals surface area contributed by atoms with Gasteiger partial charge in [-0.15, -0.1) is 0 Å². The van der Waals surface area contributed by atoms with Crippen LogP contribution in [0.5, 0.6) is 5.88 Å². The zero-order chi connectivity index (χ0) is 15.4. The summed E-state index contributed by atoms with van der Waals surface area (Å²) in [6.07, 6.45) is 0. The summed E-state index contributed by atoms with van der Waals surface area (Å²) in [4.78, 5) is 24.8. The second-order valence-electron chi connectivity index (χ2n) is 4.79. The van der Waals surface area contributed by atoms with Gasteiger partial charge in [0.05, 0.1) is 19.3 Å². The number of nitrogens with zero attached hydrogens (tertiary/aromatic N) is 2. The fraction of sp³-hybridized carbons (Fsp3) is 0.615. The Bertz CT molecular complexity index is 515. The maximum atomic E-state index is 12.2. The molecule has 2 unspecified atom stereocenters. The summed E-state index contributed by atoms with van der Waals surface area (Å²) < 4.78 is 15.3. The zero-order valence-electron chi connectivity index (χ0n) is 11.9. The van der Waals surface area contributed by atoms with E-state index in [-0.39, 0.29) is 31.6 Å². The minimum atomic E-state index is -0.961. The van der Waals surface area contributed by atoms with Crippen molar-refractivity contribution < 1.29 is 28.7 Å². The highest BCUT2D eigenvalue weighted by atomic mass is 16.5. The van der Waals surface area contributed by atoms with E-state index in [0.29, 0.717) is 12.3 Å². The Morgan fingerprint density at radius 2 is 2.29 bits per heavy atom. The van der Waals surface area contributed by atoms with Gasteiger partial charge in [-0.3, -0.25) is 9.59 Å². The average molecular weight is 298 g/mol. The number of carbonyl (C=O) groups excluding carboxylic acids is 1. The fourth-order valence-electron chi connectivity index (χ4n) is 2.31. The molecular weight excluding hydrogens is 280 g/mol. The predicted molar refractivity (Wildman–Crippen MR) is 69.9 cm³/mol. The van der Waals surface area contributed by atoms with Crippen molar-refractivity contribution in [3.05, 3.63) is 11.8 Å². The van der Waals surface area contributed by atoms with Gasteiger partial charge in [0.1, 0.15) is 11.7 Å². The van der Waals surface area contributed by atoms with E-state index in [0.717, 1.165) is 0 Å². The first-order valence-electron chi connectivity index (χ1n) is 6.69. The second-order valence-corrected chi connectivity index (χ2v) is 4.79. The van der Waals surface area contributed by atoms with Crippen LogP contribution in [0.1, 0.15) is 12.7 Å². The van der Waals surface area contributed by atoms with Gasteiger partial charge in [0.15, 0.2) is 6.61 Å². The van der Waals surface area contributed by atoms with E-state index in [4.69, 9.17) is 19.1 Å². The SMILES string of the molecule is CCN(C(=O)COc1cc(C)on1)C1COCC1C(=O)O. The highest BCUT2D eigenvalue weighted by Crippen LogP contribution is 2.20. The number of aromatic nitrogens is 1. The minimum Gasteiger partial charge on any atom is -0.481 e. The molecule has 1 aromatic rings. The summed E-state index contributed by atoms with van der Waals surface area (Å²) >= 11 is 0. The first kappa shape index (κ1) is 15.3. The molecule has 0 bridgehead atoms. The van der Waals surface area contributed by atoms with Crippen LogP contribution in [0.3, 0.4) is 0 Å². The average Bonchev–Trinajstić information content (AvgIpc) is 3.06. The summed E-state index contributed by atoms with van der Waals surface area (Å²) in [7, 11) is 0. The van der Waals surface area contributed by atoms with E-state index in [1.807, 2.05) is 0 Å². The molecule has 2 heterocycles. The molecule has 0 saturated carbocycles. The summed E-state index contributed by atoms with van der Waals surface area (Å²) in [6.45, 7) is 4.01. The summed E-state index contributed by atoms with van der Waals surface area (Å²) in [6, 6.07) is 1.10. The lowest BCUT2D eigenvalue weighted by Crippen LogP contribution is -2.48. The van der Waals surface area contributed by atoms with E-state index < -0.39 is 17.9 Å². The van der Waals surface area contributed by atoms with Crippen LogP contribution >= 0.6 is 0 Å². The Morgan fingerprint density at radius 1 is 1.52 bits per heavy atom. The third-order valence-electron chi connectivity index (χ3n) is 3.38. The molecule has 1 N–H and O–H groups in total. The van der Waals surface area contributed by atoms with E-state index in [1.54, 1.807) is 19.9 Å². The monoisotopic (exact) mass is 298 g/mol. The lowest BCUT2D eigenvalue weighted by Gasteiger charge is -2.29. The predicted octanol–water partition coefficient (Wildman–Crippen LogP) is 0.310. The molecule has 2 atom stereocenters. The number of likely N-dealkylation sites (N-methyl/N-ethyl adjacent to an activating group) is 1. The highest BCUT2D eigenvalue weighted by molar-refractivity contribution is 5.79. The number of aliphatic carboxylic acids is 1. The Hall–Kier alpha value is -2.09. The Labute approximate surface area is 121 Å². The van der Waals surface area contributed by atoms with E-state index in [9.17, 15) is 9.59 Å². The van der Waals surface area contributed by atoms with Crippen LogP contribution in [-0.4, -0.2) is 59.4 Å². The summed E-state index contributed by atoms with van der Waals surface area (Å²) in [5.74, 6) is -1.16. The van der Waals surface area contributed by atoms with Crippen molar-refractivity contribution in [3.8, 4) is 5.88 Å². The van der Waals surface area contributed by atoms with Gasteiger partial charge in [0.25, 0.3) is 11.8 Å². The molecule has 1 aliphatic rings. The number of carbonyl (C=O) groups is 2. The number of hydrogen-bond acceptors (Lipinski definition) is 6. The maximum absolute atomic E-state index is 12.2. The number of aryl methyl sites for hydroxylation is 1. The summed E-state index contributed by atoms with van der Waals surface area (Å²) in [5.41, 5.74) is 0. The Morgan fingerprint density at radius 3 is 2.86 bits per heavy atom. The van der Waals surface area contributed by atoms with Crippen LogP contribution in [0.25, 0.3) is 0 Å². The molecular formula is C13H18N2O6. The molecule has 8 heteroatoms. The number of amides is 1. The highest BCUT2D eigenvalue weighted by Gasteiger charge is 2.39. The minimum absolute atomic E-state index is 0.118. The smallest absolute Gasteiger partial charge is 0.311 e. The molecule has 1 saturated heterocycles. The molecule has 1 fully saturated rings. The van der Waals surface area contributed by atoms with Crippen molar-refractivity contribution in [1.29, 1.82) is 0 Å². The lowest BCUT2D eigenvalue weighted by atomic mass is 10.0.